The van der Waals surface area contributed by atoms with Gasteiger partial charge in [-0.2, -0.15) is 0 Å². The number of nitrogens with one attached hydrogen (secondary N) is 1. The lowest BCUT2D eigenvalue weighted by Crippen LogP contribution is -2.47. The molecule has 0 aliphatic carbocycles. The van der Waals surface area contributed by atoms with Crippen LogP contribution in [-0.2, 0) is 27.9 Å². The highest BCUT2D eigenvalue weighted by molar-refractivity contribution is 7.45. The molecule has 3 unspecified atom stereocenters. The fourth-order valence-corrected chi connectivity index (χ4v) is 9.47. The van der Waals surface area contributed by atoms with Crippen LogP contribution >= 0.6 is 7.82 Å². The average Bonchev–Trinajstić information content (AvgIpc) is 3.40. The summed E-state index contributed by atoms with van der Waals surface area (Å²) in [6.45, 7) is 6.76. The van der Waals surface area contributed by atoms with E-state index in [0.29, 0.717) is 23.9 Å². The number of likely N-dealkylation sites (N-methyl/N-ethyl adjacent to an activating group) is 1. The van der Waals surface area contributed by atoms with Gasteiger partial charge in [-0.1, -0.05) is 240 Å². The molecule has 0 rings (SSSR count). The van der Waals surface area contributed by atoms with Crippen LogP contribution in [0.15, 0.2) is 97.2 Å². The van der Waals surface area contributed by atoms with Crippen molar-refractivity contribution in [1.29, 1.82) is 0 Å². The molecule has 78 heavy (non-hydrogen) atoms. The summed E-state index contributed by atoms with van der Waals surface area (Å²) in [5, 5.41) is 3.01. The van der Waals surface area contributed by atoms with Crippen molar-refractivity contribution in [3.63, 3.8) is 0 Å². The molecule has 10 heteroatoms. The number of phosphoric ester groups is 1. The van der Waals surface area contributed by atoms with E-state index in [1.807, 2.05) is 33.3 Å². The molecular weight excluding hydrogens is 988 g/mol. The van der Waals surface area contributed by atoms with E-state index in [9.17, 15) is 19.0 Å². The molecule has 0 aromatic carbocycles. The van der Waals surface area contributed by atoms with Gasteiger partial charge in [0.1, 0.15) is 19.3 Å². The number of carbonyl (C=O) groups excluding carboxylic acids is 2. The van der Waals surface area contributed by atoms with Crippen molar-refractivity contribution in [1.82, 2.24) is 5.32 Å². The minimum absolute atomic E-state index is 0.0332. The lowest BCUT2D eigenvalue weighted by Gasteiger charge is -2.30. The molecule has 450 valence electrons. The van der Waals surface area contributed by atoms with Crippen molar-refractivity contribution in [3.8, 4) is 0 Å². The number of amides is 1. The molecule has 0 radical (unpaired) electrons. The molecule has 0 aliphatic heterocycles. The van der Waals surface area contributed by atoms with Crippen LogP contribution in [0.2, 0.25) is 0 Å². The fourth-order valence-electron chi connectivity index (χ4n) is 8.75. The largest absolute Gasteiger partial charge is 0.756 e. The Bertz CT molecular complexity index is 1660. The Morgan fingerprint density at radius 3 is 1.19 bits per heavy atom. The predicted molar refractivity (Wildman–Crippen MR) is 334 cm³/mol. The van der Waals surface area contributed by atoms with E-state index < -0.39 is 26.6 Å². The number of phosphoric acid groups is 1. The summed E-state index contributed by atoms with van der Waals surface area (Å²) in [7, 11) is 1.15. The second-order valence-electron chi connectivity index (χ2n) is 22.6. The van der Waals surface area contributed by atoms with Gasteiger partial charge in [0.15, 0.2) is 0 Å². The summed E-state index contributed by atoms with van der Waals surface area (Å²) in [4.78, 5) is 40.0. The van der Waals surface area contributed by atoms with Gasteiger partial charge in [0.05, 0.1) is 33.8 Å². The number of carbonyl (C=O) groups is 2. The molecule has 0 heterocycles. The lowest BCUT2D eigenvalue weighted by atomic mass is 10.0. The topological polar surface area (TPSA) is 114 Å². The van der Waals surface area contributed by atoms with Gasteiger partial charge in [-0.25, -0.2) is 0 Å². The highest BCUT2D eigenvalue weighted by Crippen LogP contribution is 2.38. The number of nitrogens with zero attached hydrogens (tertiary/aromatic N) is 1. The van der Waals surface area contributed by atoms with Crippen molar-refractivity contribution in [3.05, 3.63) is 97.2 Å². The highest BCUT2D eigenvalue weighted by Gasteiger charge is 2.27. The Kier molecular flexibility index (Phi) is 54.9. The van der Waals surface area contributed by atoms with Crippen molar-refractivity contribution in [2.45, 2.75) is 283 Å². The standard InChI is InChI=1S/C68H121N2O7P/c1-7-10-13-16-19-22-25-28-30-32-33-34-35-36-37-39-41-43-46-49-52-55-58-61-68(72)77-66(59-56-53-50-47-44-27-24-21-18-15-12-9-3)65(64-76-78(73,74)75-63-62-70(4,5)6)69-67(71)60-57-54-51-48-45-42-40-38-31-29-26-23-20-17-14-11-8-2/h19-20,22-23,28-31,33-34,36-37,40,42,56,59,65-66H,7-18,21,24-27,32,35,38-39,41,43-55,57-58,60-64H2,1-6H3,(H-,69,71,73,74)/b22-19-,23-20-,30-28-,31-29-,34-33-,37-36-,42-40-,59-56-. The zero-order valence-corrected chi connectivity index (χ0v) is 52.2. The molecule has 9 nitrogen and oxygen atoms in total. The average molecular weight is 1110 g/mol. The lowest BCUT2D eigenvalue weighted by molar-refractivity contribution is -0.870. The first-order chi connectivity index (χ1) is 37.9. The van der Waals surface area contributed by atoms with Gasteiger partial charge < -0.3 is 28.5 Å². The number of allylic oxidation sites excluding steroid dienone is 15. The van der Waals surface area contributed by atoms with Crippen LogP contribution in [0.3, 0.4) is 0 Å². The number of quaternary nitrogens is 1. The predicted octanol–water partition coefficient (Wildman–Crippen LogP) is 19.3. The van der Waals surface area contributed by atoms with Crippen LogP contribution in [-0.4, -0.2) is 69.4 Å². The number of esters is 1. The van der Waals surface area contributed by atoms with E-state index in [4.69, 9.17) is 13.8 Å². The molecule has 0 aromatic heterocycles. The third-order valence-corrected chi connectivity index (χ3v) is 14.7. The van der Waals surface area contributed by atoms with Crippen LogP contribution < -0.4 is 10.2 Å². The second-order valence-corrected chi connectivity index (χ2v) is 24.0. The highest BCUT2D eigenvalue weighted by atomic mass is 31.2. The van der Waals surface area contributed by atoms with Gasteiger partial charge >= 0.3 is 5.97 Å². The van der Waals surface area contributed by atoms with Crippen LogP contribution in [0.1, 0.15) is 271 Å². The molecule has 0 fully saturated rings. The smallest absolute Gasteiger partial charge is 0.306 e. The first-order valence-corrected chi connectivity index (χ1v) is 33.5. The fraction of sp³-hybridized carbons (Fsp3) is 0.735. The third-order valence-electron chi connectivity index (χ3n) is 13.7. The van der Waals surface area contributed by atoms with E-state index >= 15 is 0 Å². The number of ether oxygens (including phenoxy) is 1. The Morgan fingerprint density at radius 2 is 0.782 bits per heavy atom. The molecule has 0 saturated heterocycles. The normalized spacial score (nSPS) is 14.3. The first kappa shape index (κ1) is 74.9. The molecule has 0 aromatic rings. The molecule has 3 atom stereocenters. The Hall–Kier alpha value is -3.07. The van der Waals surface area contributed by atoms with Gasteiger partial charge in [-0.3, -0.25) is 14.2 Å². The summed E-state index contributed by atoms with van der Waals surface area (Å²) in [6, 6.07) is -0.910. The maximum atomic E-state index is 13.5. The van der Waals surface area contributed by atoms with Gasteiger partial charge in [0, 0.05) is 12.8 Å². The zero-order chi connectivity index (χ0) is 57.2. The minimum atomic E-state index is -4.71. The number of hydrogen-bond acceptors (Lipinski definition) is 7. The van der Waals surface area contributed by atoms with E-state index in [0.717, 1.165) is 103 Å². The summed E-state index contributed by atoms with van der Waals surface area (Å²) in [5.41, 5.74) is 0. The van der Waals surface area contributed by atoms with E-state index in [2.05, 4.69) is 111 Å². The van der Waals surface area contributed by atoms with Crippen LogP contribution in [0.4, 0.5) is 0 Å². The van der Waals surface area contributed by atoms with Crippen LogP contribution in [0.25, 0.3) is 0 Å². The molecule has 0 aliphatic rings. The van der Waals surface area contributed by atoms with Gasteiger partial charge in [0.2, 0.25) is 5.91 Å². The van der Waals surface area contributed by atoms with Gasteiger partial charge in [-0.05, 0) is 115 Å². The van der Waals surface area contributed by atoms with E-state index in [-0.39, 0.29) is 31.3 Å². The molecule has 0 bridgehead atoms. The Labute approximate surface area is 481 Å². The Morgan fingerprint density at radius 1 is 0.449 bits per heavy atom. The van der Waals surface area contributed by atoms with Crippen LogP contribution in [0.5, 0.6) is 0 Å². The molecule has 1 N–H and O–H groups in total. The summed E-state index contributed by atoms with van der Waals surface area (Å²) in [6.07, 6.45) is 76.5. The molecular formula is C68H121N2O7P. The van der Waals surface area contributed by atoms with E-state index in [1.54, 1.807) is 0 Å². The second kappa shape index (κ2) is 57.2. The number of hydrogen-bond donors (Lipinski definition) is 1. The third kappa shape index (κ3) is 57.6. The van der Waals surface area contributed by atoms with Crippen molar-refractivity contribution < 1.29 is 37.3 Å². The van der Waals surface area contributed by atoms with Gasteiger partial charge in [-0.15, -0.1) is 0 Å². The molecule has 0 saturated carbocycles. The Balaban J connectivity index is 5.27. The van der Waals surface area contributed by atoms with Crippen LogP contribution in [0, 0.1) is 0 Å². The summed E-state index contributed by atoms with van der Waals surface area (Å²) < 4.78 is 30.3. The molecule has 0 spiro atoms. The monoisotopic (exact) mass is 1110 g/mol. The maximum absolute atomic E-state index is 13.5. The van der Waals surface area contributed by atoms with Crippen molar-refractivity contribution in [2.24, 2.45) is 0 Å². The van der Waals surface area contributed by atoms with Crippen molar-refractivity contribution >= 4 is 19.7 Å². The van der Waals surface area contributed by atoms with E-state index in [1.165, 1.54) is 122 Å². The minimum Gasteiger partial charge on any atom is -0.756 e. The van der Waals surface area contributed by atoms with Crippen molar-refractivity contribution in [2.75, 3.05) is 40.9 Å². The number of unbranched alkanes of at least 4 members (excludes halogenated alkanes) is 27. The quantitative estimate of drug-likeness (QED) is 0.0212. The SMILES string of the molecule is CCCCC/C=C\C/C=C\C/C=C\C/C=C\CCCCCCCCCC(=O)OC(/C=C\CCCCCCCCCCCC)C(COP(=O)([O-])OCC[N+](C)(C)C)NC(=O)CCCCCC/C=C\C/C=C\C/C=C\CCCCC. The molecule has 1 amide bonds. The summed E-state index contributed by atoms with van der Waals surface area (Å²) in [5.74, 6) is -0.581. The zero-order valence-electron chi connectivity index (χ0n) is 51.3. The first-order valence-electron chi connectivity index (χ1n) is 32.0. The number of rotatable bonds is 57. The van der Waals surface area contributed by atoms with Gasteiger partial charge in [0.25, 0.3) is 7.82 Å². The maximum Gasteiger partial charge on any atom is 0.306 e. The summed E-state index contributed by atoms with van der Waals surface area (Å²) >= 11 is 0.